The van der Waals surface area contributed by atoms with E-state index < -0.39 is 0 Å². The molecule has 0 N–H and O–H groups in total. The van der Waals surface area contributed by atoms with Crippen LogP contribution in [0.3, 0.4) is 0 Å². The molecule has 1 aromatic heterocycles. The van der Waals surface area contributed by atoms with Crippen molar-refractivity contribution < 1.29 is 9.53 Å². The number of ether oxygens (including phenoxy) is 1. The van der Waals surface area contributed by atoms with Gasteiger partial charge >= 0.3 is 5.97 Å². The second-order valence-electron chi connectivity index (χ2n) is 2.70. The van der Waals surface area contributed by atoms with Crippen LogP contribution in [-0.2, 0) is 4.74 Å². The van der Waals surface area contributed by atoms with Gasteiger partial charge in [0, 0.05) is 6.20 Å². The van der Waals surface area contributed by atoms with Crippen LogP contribution in [-0.4, -0.2) is 17.6 Å². The highest BCUT2D eigenvalue weighted by Gasteiger charge is 2.05. The molecule has 3 heteroatoms. The summed E-state index contributed by atoms with van der Waals surface area (Å²) in [5.41, 5.74) is 0.374. The lowest BCUT2D eigenvalue weighted by Crippen LogP contribution is -2.07. The largest absolute Gasteiger partial charge is 0.461 e. The first kappa shape index (κ1) is 12.6. The third-order valence-corrected chi connectivity index (χ3v) is 1.61. The molecular weight excluding hydrogens is 178 g/mol. The Morgan fingerprint density at radius 3 is 2.86 bits per heavy atom. The van der Waals surface area contributed by atoms with Crippen LogP contribution in [0, 0.1) is 0 Å². The maximum Gasteiger partial charge on any atom is 0.356 e. The number of pyridine rings is 1. The second-order valence-corrected chi connectivity index (χ2v) is 2.70. The average molecular weight is 195 g/mol. The molecule has 0 fully saturated rings. The molecule has 14 heavy (non-hydrogen) atoms. The van der Waals surface area contributed by atoms with E-state index in [1.807, 2.05) is 0 Å². The van der Waals surface area contributed by atoms with Crippen molar-refractivity contribution in [2.75, 3.05) is 6.61 Å². The van der Waals surface area contributed by atoms with Gasteiger partial charge in [-0.25, -0.2) is 9.78 Å². The van der Waals surface area contributed by atoms with Crippen molar-refractivity contribution in [1.82, 2.24) is 4.98 Å². The Bertz CT molecular complexity index is 259. The zero-order chi connectivity index (χ0) is 9.52. The van der Waals surface area contributed by atoms with E-state index >= 15 is 0 Å². The van der Waals surface area contributed by atoms with Crippen molar-refractivity contribution in [3.63, 3.8) is 0 Å². The third kappa shape index (κ3) is 4.03. The predicted octanol–water partition coefficient (Wildman–Crippen LogP) is 2.67. The zero-order valence-electron chi connectivity index (χ0n) is 7.69. The molecule has 0 aromatic carbocycles. The van der Waals surface area contributed by atoms with Gasteiger partial charge in [0.2, 0.25) is 0 Å². The van der Waals surface area contributed by atoms with Crippen molar-refractivity contribution in [3.05, 3.63) is 30.1 Å². The average Bonchev–Trinajstić information content (AvgIpc) is 2.19. The number of rotatable bonds is 4. The fourth-order valence-electron chi connectivity index (χ4n) is 0.867. The van der Waals surface area contributed by atoms with Crippen LogP contribution >= 0.6 is 0 Å². The van der Waals surface area contributed by atoms with Crippen molar-refractivity contribution in [2.24, 2.45) is 0 Å². The molecule has 0 aliphatic heterocycles. The Morgan fingerprint density at radius 1 is 1.50 bits per heavy atom. The Labute approximate surface area is 85.1 Å². The second kappa shape index (κ2) is 7.06. The maximum atomic E-state index is 11.2. The standard InChI is InChI=1S/C10H13NO2.CH4/c1-2-3-8-13-10(12)9-6-4-5-7-11-9;/h4-7H,2-3,8H2,1H3;1H4. The van der Waals surface area contributed by atoms with Gasteiger partial charge in [0.25, 0.3) is 0 Å². The van der Waals surface area contributed by atoms with Crippen molar-refractivity contribution in [1.29, 1.82) is 0 Å². The van der Waals surface area contributed by atoms with Crippen LogP contribution in [0.5, 0.6) is 0 Å². The van der Waals surface area contributed by atoms with Gasteiger partial charge in [0.15, 0.2) is 0 Å². The number of hydrogen-bond donors (Lipinski definition) is 0. The normalized spacial score (nSPS) is 8.93. The van der Waals surface area contributed by atoms with Gasteiger partial charge in [0.05, 0.1) is 6.61 Å². The molecule has 1 heterocycles. The molecule has 0 radical (unpaired) electrons. The highest BCUT2D eigenvalue weighted by Crippen LogP contribution is 1.97. The lowest BCUT2D eigenvalue weighted by Gasteiger charge is -2.01. The number of carbonyl (C=O) groups excluding carboxylic acids is 1. The number of esters is 1. The monoisotopic (exact) mass is 195 g/mol. The minimum absolute atomic E-state index is 0. The molecule has 0 spiro atoms. The third-order valence-electron chi connectivity index (χ3n) is 1.61. The molecule has 0 aliphatic carbocycles. The molecule has 1 aromatic rings. The van der Waals surface area contributed by atoms with Crippen LogP contribution in [0.1, 0.15) is 37.7 Å². The van der Waals surface area contributed by atoms with Gasteiger partial charge in [-0.2, -0.15) is 0 Å². The van der Waals surface area contributed by atoms with E-state index in [0.717, 1.165) is 12.8 Å². The quantitative estimate of drug-likeness (QED) is 0.547. The summed E-state index contributed by atoms with van der Waals surface area (Å²) >= 11 is 0. The van der Waals surface area contributed by atoms with E-state index in [-0.39, 0.29) is 13.4 Å². The van der Waals surface area contributed by atoms with E-state index in [1.54, 1.807) is 24.4 Å². The van der Waals surface area contributed by atoms with E-state index in [9.17, 15) is 4.79 Å². The molecule has 0 aliphatic rings. The molecule has 0 saturated carbocycles. The molecule has 0 amide bonds. The Hall–Kier alpha value is -1.38. The molecule has 3 nitrogen and oxygen atoms in total. The first-order valence-corrected chi connectivity index (χ1v) is 4.42. The Balaban J connectivity index is 0.00000169. The van der Waals surface area contributed by atoms with Crippen LogP contribution < -0.4 is 0 Å². The highest BCUT2D eigenvalue weighted by atomic mass is 16.5. The Morgan fingerprint density at radius 2 is 2.29 bits per heavy atom. The zero-order valence-corrected chi connectivity index (χ0v) is 7.69. The molecule has 0 saturated heterocycles. The summed E-state index contributed by atoms with van der Waals surface area (Å²) in [7, 11) is 0. The van der Waals surface area contributed by atoms with Gasteiger partial charge < -0.3 is 4.74 Å². The van der Waals surface area contributed by atoms with E-state index in [4.69, 9.17) is 4.74 Å². The molecule has 0 bridgehead atoms. The van der Waals surface area contributed by atoms with E-state index in [0.29, 0.717) is 12.3 Å². The number of aromatic nitrogens is 1. The minimum atomic E-state index is -0.339. The van der Waals surface area contributed by atoms with Crippen LogP contribution in [0.15, 0.2) is 24.4 Å². The molecular formula is C11H17NO2. The fraction of sp³-hybridized carbons (Fsp3) is 0.455. The van der Waals surface area contributed by atoms with Gasteiger partial charge in [-0.1, -0.05) is 26.8 Å². The van der Waals surface area contributed by atoms with Crippen LogP contribution in [0.25, 0.3) is 0 Å². The number of nitrogens with zero attached hydrogens (tertiary/aromatic N) is 1. The molecule has 0 atom stereocenters. The topological polar surface area (TPSA) is 39.2 Å². The lowest BCUT2D eigenvalue weighted by molar-refractivity contribution is 0.0493. The van der Waals surface area contributed by atoms with Gasteiger partial charge in [-0.05, 0) is 18.6 Å². The summed E-state index contributed by atoms with van der Waals surface area (Å²) in [6.45, 7) is 2.53. The van der Waals surface area contributed by atoms with Crippen molar-refractivity contribution in [3.8, 4) is 0 Å². The highest BCUT2D eigenvalue weighted by molar-refractivity contribution is 5.87. The van der Waals surface area contributed by atoms with Gasteiger partial charge in [0.1, 0.15) is 5.69 Å². The first-order chi connectivity index (χ1) is 6.34. The molecule has 78 valence electrons. The lowest BCUT2D eigenvalue weighted by atomic mass is 10.3. The summed E-state index contributed by atoms with van der Waals surface area (Å²) in [5, 5.41) is 0. The predicted molar refractivity (Wildman–Crippen MR) is 56.2 cm³/mol. The molecule has 1 rings (SSSR count). The number of carbonyl (C=O) groups is 1. The number of hydrogen-bond acceptors (Lipinski definition) is 3. The SMILES string of the molecule is C.CCCCOC(=O)c1ccccn1. The summed E-state index contributed by atoms with van der Waals surface area (Å²) < 4.78 is 4.97. The Kier molecular flexibility index (Phi) is 6.37. The first-order valence-electron chi connectivity index (χ1n) is 4.42. The summed E-state index contributed by atoms with van der Waals surface area (Å²) in [6.07, 6.45) is 3.50. The maximum absolute atomic E-state index is 11.2. The van der Waals surface area contributed by atoms with Crippen LogP contribution in [0.4, 0.5) is 0 Å². The van der Waals surface area contributed by atoms with Crippen molar-refractivity contribution in [2.45, 2.75) is 27.2 Å². The van der Waals surface area contributed by atoms with E-state index in [2.05, 4.69) is 11.9 Å². The van der Waals surface area contributed by atoms with Crippen LogP contribution in [0.2, 0.25) is 0 Å². The fourth-order valence-corrected chi connectivity index (χ4v) is 0.867. The van der Waals surface area contributed by atoms with Gasteiger partial charge in [-0.15, -0.1) is 0 Å². The smallest absolute Gasteiger partial charge is 0.356 e. The van der Waals surface area contributed by atoms with Gasteiger partial charge in [-0.3, -0.25) is 0 Å². The summed E-state index contributed by atoms with van der Waals surface area (Å²) in [6, 6.07) is 5.18. The summed E-state index contributed by atoms with van der Waals surface area (Å²) in [5.74, 6) is -0.339. The molecule has 0 unspecified atom stereocenters. The number of unbranched alkanes of at least 4 members (excludes halogenated alkanes) is 1. The minimum Gasteiger partial charge on any atom is -0.461 e. The summed E-state index contributed by atoms with van der Waals surface area (Å²) in [4.78, 5) is 15.1. The van der Waals surface area contributed by atoms with Crippen molar-refractivity contribution >= 4 is 5.97 Å². The van der Waals surface area contributed by atoms with E-state index in [1.165, 1.54) is 0 Å².